The lowest BCUT2D eigenvalue weighted by Gasteiger charge is -2.30. The van der Waals surface area contributed by atoms with E-state index in [0.717, 1.165) is 0 Å². The topological polar surface area (TPSA) is 88.5 Å². The molecule has 1 aliphatic heterocycles. The van der Waals surface area contributed by atoms with E-state index < -0.39 is 10.0 Å². The first-order valence-electron chi connectivity index (χ1n) is 7.29. The van der Waals surface area contributed by atoms with E-state index >= 15 is 0 Å². The Kier molecular flexibility index (Phi) is 5.02. The van der Waals surface area contributed by atoms with Crippen molar-refractivity contribution in [3.63, 3.8) is 0 Å². The Morgan fingerprint density at radius 2 is 1.95 bits per heavy atom. The molecule has 1 fully saturated rings. The molecule has 1 amide bonds. The molecule has 1 aromatic heterocycles. The molecule has 0 atom stereocenters. The first-order valence-corrected chi connectivity index (χ1v) is 8.90. The zero-order valence-corrected chi connectivity index (χ0v) is 13.6. The van der Waals surface area contributed by atoms with Crippen molar-refractivity contribution in [2.45, 2.75) is 19.8 Å². The number of sulfonamides is 1. The molecule has 0 aliphatic carbocycles. The maximum atomic E-state index is 12.2. The number of hydrogen-bond acceptors (Lipinski definition) is 4. The monoisotopic (exact) mass is 327 g/mol. The molecule has 1 aliphatic rings. The van der Waals surface area contributed by atoms with Crippen LogP contribution in [0.15, 0.2) is 23.1 Å². The summed E-state index contributed by atoms with van der Waals surface area (Å²) in [4.78, 5) is 23.5. The second kappa shape index (κ2) is 6.62. The van der Waals surface area contributed by atoms with E-state index in [1.54, 1.807) is 26.2 Å². The highest BCUT2D eigenvalue weighted by Gasteiger charge is 2.30. The molecule has 0 unspecified atom stereocenters. The summed E-state index contributed by atoms with van der Waals surface area (Å²) in [6.07, 6.45) is 2.59. The van der Waals surface area contributed by atoms with Gasteiger partial charge in [-0.05, 0) is 25.8 Å². The number of rotatable bonds is 4. The molecular formula is C14H21N3O4S. The van der Waals surface area contributed by atoms with Gasteiger partial charge in [0.1, 0.15) is 0 Å². The van der Waals surface area contributed by atoms with Crippen molar-refractivity contribution in [1.82, 2.24) is 8.87 Å². The lowest BCUT2D eigenvalue weighted by atomic mass is 9.97. The quantitative estimate of drug-likeness (QED) is 0.866. The number of amides is 1. The summed E-state index contributed by atoms with van der Waals surface area (Å²) in [6, 6.07) is 2.96. The minimum atomic E-state index is -3.18. The third-order valence-electron chi connectivity index (χ3n) is 3.94. The average molecular weight is 327 g/mol. The standard InChI is InChI=1S/C14H21N3O4S/c1-3-22(20,21)17-8-6-11(7-9-17)14(19)15-12-4-5-13(18)16(2)10-12/h4-5,10-11H,3,6-9H2,1-2H3,(H,15,19). The lowest BCUT2D eigenvalue weighted by Crippen LogP contribution is -2.42. The van der Waals surface area contributed by atoms with Crippen molar-refractivity contribution in [2.75, 3.05) is 24.2 Å². The molecule has 2 heterocycles. The number of carbonyl (C=O) groups excluding carboxylic acids is 1. The maximum absolute atomic E-state index is 12.2. The molecule has 122 valence electrons. The van der Waals surface area contributed by atoms with Gasteiger partial charge in [-0.15, -0.1) is 0 Å². The van der Waals surface area contributed by atoms with E-state index in [0.29, 0.717) is 31.6 Å². The largest absolute Gasteiger partial charge is 0.325 e. The molecule has 0 aromatic carbocycles. The summed E-state index contributed by atoms with van der Waals surface area (Å²) in [5, 5.41) is 2.78. The van der Waals surface area contributed by atoms with Gasteiger partial charge >= 0.3 is 0 Å². The Bertz CT molecular complexity index is 703. The summed E-state index contributed by atoms with van der Waals surface area (Å²) in [5.74, 6) is -0.255. The molecule has 0 bridgehead atoms. The van der Waals surface area contributed by atoms with Gasteiger partial charge in [0, 0.05) is 38.3 Å². The average Bonchev–Trinajstić information content (AvgIpc) is 2.51. The van der Waals surface area contributed by atoms with Crippen molar-refractivity contribution >= 4 is 21.6 Å². The maximum Gasteiger partial charge on any atom is 0.250 e. The van der Waals surface area contributed by atoms with E-state index in [9.17, 15) is 18.0 Å². The van der Waals surface area contributed by atoms with E-state index in [2.05, 4.69) is 5.32 Å². The molecule has 8 heteroatoms. The molecule has 0 spiro atoms. The van der Waals surface area contributed by atoms with Gasteiger partial charge in [0.25, 0.3) is 0 Å². The number of nitrogens with one attached hydrogen (secondary N) is 1. The molecule has 22 heavy (non-hydrogen) atoms. The van der Waals surface area contributed by atoms with Gasteiger partial charge in [0.2, 0.25) is 21.5 Å². The summed E-state index contributed by atoms with van der Waals surface area (Å²) in [7, 11) is -1.56. The number of nitrogens with zero attached hydrogens (tertiary/aromatic N) is 2. The zero-order valence-electron chi connectivity index (χ0n) is 12.8. The lowest BCUT2D eigenvalue weighted by molar-refractivity contribution is -0.120. The van der Waals surface area contributed by atoms with Crippen LogP contribution in [0.4, 0.5) is 5.69 Å². The predicted octanol–water partition coefficient (Wildman–Crippen LogP) is 0.385. The highest BCUT2D eigenvalue weighted by molar-refractivity contribution is 7.89. The highest BCUT2D eigenvalue weighted by atomic mass is 32.2. The Morgan fingerprint density at radius 1 is 1.32 bits per heavy atom. The molecular weight excluding hydrogens is 306 g/mol. The van der Waals surface area contributed by atoms with Crippen LogP contribution in [-0.4, -0.2) is 42.0 Å². The SMILES string of the molecule is CCS(=O)(=O)N1CCC(C(=O)Nc2ccc(=O)n(C)c2)CC1. The van der Waals surface area contributed by atoms with Crippen molar-refractivity contribution < 1.29 is 13.2 Å². The van der Waals surface area contributed by atoms with Crippen LogP contribution in [-0.2, 0) is 21.9 Å². The number of aryl methyl sites for hydroxylation is 1. The number of carbonyl (C=O) groups is 1. The van der Waals surface area contributed by atoms with Crippen molar-refractivity contribution in [1.29, 1.82) is 0 Å². The summed E-state index contributed by atoms with van der Waals surface area (Å²) < 4.78 is 26.4. The molecule has 0 radical (unpaired) electrons. The van der Waals surface area contributed by atoms with Gasteiger partial charge in [-0.25, -0.2) is 12.7 Å². The van der Waals surface area contributed by atoms with Gasteiger partial charge in [-0.2, -0.15) is 0 Å². The fraction of sp³-hybridized carbons (Fsp3) is 0.571. The summed E-state index contributed by atoms with van der Waals surface area (Å²) in [6.45, 7) is 2.37. The molecule has 1 aromatic rings. The molecule has 0 saturated carbocycles. The van der Waals surface area contributed by atoms with Gasteiger partial charge in [0.05, 0.1) is 11.4 Å². The molecule has 1 N–H and O–H groups in total. The van der Waals surface area contributed by atoms with E-state index in [-0.39, 0.29) is 23.1 Å². The summed E-state index contributed by atoms with van der Waals surface area (Å²) in [5.41, 5.74) is 0.423. The fourth-order valence-electron chi connectivity index (χ4n) is 2.49. The number of pyridine rings is 1. The van der Waals surface area contributed by atoms with Crippen molar-refractivity contribution in [2.24, 2.45) is 13.0 Å². The smallest absolute Gasteiger partial charge is 0.250 e. The van der Waals surface area contributed by atoms with Gasteiger partial charge < -0.3 is 9.88 Å². The second-order valence-electron chi connectivity index (χ2n) is 5.43. The Labute approximate surface area is 130 Å². The van der Waals surface area contributed by atoms with Crippen molar-refractivity contribution in [3.05, 3.63) is 28.7 Å². The number of hydrogen-bond donors (Lipinski definition) is 1. The Balaban J connectivity index is 1.95. The van der Waals surface area contributed by atoms with Crippen LogP contribution in [0.2, 0.25) is 0 Å². The highest BCUT2D eigenvalue weighted by Crippen LogP contribution is 2.21. The Hall–Kier alpha value is -1.67. The van der Waals surface area contributed by atoms with E-state index in [1.807, 2.05) is 0 Å². The van der Waals surface area contributed by atoms with Gasteiger partial charge in [-0.3, -0.25) is 9.59 Å². The number of piperidine rings is 1. The third kappa shape index (κ3) is 3.75. The van der Waals surface area contributed by atoms with Crippen LogP contribution >= 0.6 is 0 Å². The van der Waals surface area contributed by atoms with Crippen molar-refractivity contribution in [3.8, 4) is 0 Å². The number of anilines is 1. The molecule has 7 nitrogen and oxygen atoms in total. The van der Waals surface area contributed by atoms with Crippen LogP contribution in [0, 0.1) is 5.92 Å². The minimum absolute atomic E-state index is 0.0852. The fourth-order valence-corrected chi connectivity index (χ4v) is 3.62. The summed E-state index contributed by atoms with van der Waals surface area (Å²) >= 11 is 0. The first-order chi connectivity index (χ1) is 10.3. The van der Waals surface area contributed by atoms with Gasteiger partial charge in [0.15, 0.2) is 0 Å². The third-order valence-corrected chi connectivity index (χ3v) is 5.82. The minimum Gasteiger partial charge on any atom is -0.325 e. The van der Waals surface area contributed by atoms with Crippen LogP contribution in [0.3, 0.4) is 0 Å². The van der Waals surface area contributed by atoms with Crippen LogP contribution < -0.4 is 10.9 Å². The molecule has 1 saturated heterocycles. The first kappa shape index (κ1) is 16.7. The van der Waals surface area contributed by atoms with E-state index in [1.165, 1.54) is 14.9 Å². The second-order valence-corrected chi connectivity index (χ2v) is 7.69. The Morgan fingerprint density at radius 3 is 2.50 bits per heavy atom. The van der Waals surface area contributed by atoms with Crippen LogP contribution in [0.5, 0.6) is 0 Å². The van der Waals surface area contributed by atoms with Crippen LogP contribution in [0.25, 0.3) is 0 Å². The zero-order chi connectivity index (χ0) is 16.3. The normalized spacial score (nSPS) is 17.4. The molecule has 2 rings (SSSR count). The van der Waals surface area contributed by atoms with Crippen LogP contribution in [0.1, 0.15) is 19.8 Å². The predicted molar refractivity (Wildman–Crippen MR) is 84.1 cm³/mol. The number of aromatic nitrogens is 1. The van der Waals surface area contributed by atoms with E-state index in [4.69, 9.17) is 0 Å². The van der Waals surface area contributed by atoms with Gasteiger partial charge in [-0.1, -0.05) is 0 Å².